The summed E-state index contributed by atoms with van der Waals surface area (Å²) in [5.74, 6) is -1.84. The second-order valence-corrected chi connectivity index (χ2v) is 8.76. The summed E-state index contributed by atoms with van der Waals surface area (Å²) >= 11 is 3.16. The molecule has 154 valence electrons. The van der Waals surface area contributed by atoms with E-state index in [0.29, 0.717) is 4.47 Å². The first kappa shape index (κ1) is 21.7. The minimum Gasteiger partial charge on any atom is -0.293 e. The third kappa shape index (κ3) is 4.95. The summed E-state index contributed by atoms with van der Waals surface area (Å²) in [6.07, 6.45) is 1.46. The van der Waals surface area contributed by atoms with Crippen molar-refractivity contribution in [3.63, 3.8) is 0 Å². The fourth-order valence-corrected chi connectivity index (χ4v) is 4.38. The van der Waals surface area contributed by atoms with Crippen molar-refractivity contribution >= 4 is 31.5 Å². The first-order valence-corrected chi connectivity index (χ1v) is 10.5. The fraction of sp³-hybridized carbons (Fsp3) is 0.158. The van der Waals surface area contributed by atoms with Gasteiger partial charge >= 0.3 is 6.61 Å². The molecule has 0 amide bonds. The molecule has 0 saturated heterocycles. The Bertz CT molecular complexity index is 1070. The number of hydrogen-bond donors (Lipinski definition) is 1. The Labute approximate surface area is 173 Å². The highest BCUT2D eigenvalue weighted by Crippen LogP contribution is 2.38. The van der Waals surface area contributed by atoms with E-state index in [1.165, 1.54) is 48.5 Å². The van der Waals surface area contributed by atoms with Gasteiger partial charge in [0, 0.05) is 10.9 Å². The van der Waals surface area contributed by atoms with E-state index in [0.717, 1.165) is 12.1 Å². The van der Waals surface area contributed by atoms with Crippen LogP contribution in [-0.4, -0.2) is 20.8 Å². The summed E-state index contributed by atoms with van der Waals surface area (Å²) in [5.41, 5.74) is -2.19. The Kier molecular flexibility index (Phi) is 6.27. The number of rotatable bonds is 6. The second kappa shape index (κ2) is 8.39. The first-order valence-electron chi connectivity index (χ1n) is 8.20. The number of halogens is 5. The smallest absolute Gasteiger partial charge is 0.293 e. The lowest BCUT2D eigenvalue weighted by Gasteiger charge is -2.35. The number of ether oxygens (including phenoxy) is 1. The molecule has 1 aliphatic carbocycles. The van der Waals surface area contributed by atoms with Gasteiger partial charge in [-0.25, -0.2) is 17.2 Å². The molecule has 0 aliphatic heterocycles. The monoisotopic (exact) mass is 491 g/mol. The molecule has 0 fully saturated rings. The van der Waals surface area contributed by atoms with Crippen molar-refractivity contribution in [3.05, 3.63) is 82.4 Å². The zero-order chi connectivity index (χ0) is 21.2. The Morgan fingerprint density at radius 1 is 1.07 bits per heavy atom. The number of allylic oxidation sites excluding steroid dienone is 2. The van der Waals surface area contributed by atoms with Crippen molar-refractivity contribution < 1.29 is 30.7 Å². The van der Waals surface area contributed by atoms with Crippen LogP contribution in [0.4, 0.5) is 17.6 Å². The molecule has 0 spiro atoms. The van der Waals surface area contributed by atoms with Crippen molar-refractivity contribution in [1.29, 1.82) is 0 Å². The van der Waals surface area contributed by atoms with Gasteiger partial charge in [0.25, 0.3) is 0 Å². The third-order valence-electron chi connectivity index (χ3n) is 4.16. The molecule has 1 atom stereocenters. The molecule has 29 heavy (non-hydrogen) atoms. The second-order valence-electron chi connectivity index (χ2n) is 6.16. The summed E-state index contributed by atoms with van der Waals surface area (Å²) in [6.45, 7) is -3.48. The molecule has 10 heteroatoms. The van der Waals surface area contributed by atoms with Gasteiger partial charge in [0.05, 0.1) is 4.90 Å². The minimum absolute atomic E-state index is 0.213. The van der Waals surface area contributed by atoms with Crippen LogP contribution in [0.5, 0.6) is 0 Å². The average Bonchev–Trinajstić information content (AvgIpc) is 2.63. The van der Waals surface area contributed by atoms with Crippen molar-refractivity contribution in [2.45, 2.75) is 23.7 Å². The van der Waals surface area contributed by atoms with Gasteiger partial charge in [0.2, 0.25) is 10.0 Å². The van der Waals surface area contributed by atoms with Gasteiger partial charge in [-0.05, 0) is 53.6 Å². The number of sulfonamides is 1. The van der Waals surface area contributed by atoms with E-state index < -0.39 is 40.4 Å². The van der Waals surface area contributed by atoms with Gasteiger partial charge in [0.1, 0.15) is 11.6 Å². The van der Waals surface area contributed by atoms with Crippen molar-refractivity contribution in [2.75, 3.05) is 0 Å². The van der Waals surface area contributed by atoms with Gasteiger partial charge in [0.15, 0.2) is 5.72 Å². The molecule has 0 heterocycles. The van der Waals surface area contributed by atoms with E-state index in [4.69, 9.17) is 0 Å². The predicted molar refractivity (Wildman–Crippen MR) is 102 cm³/mol. The minimum atomic E-state index is -4.44. The first-order chi connectivity index (χ1) is 13.6. The highest BCUT2D eigenvalue weighted by atomic mass is 79.9. The van der Waals surface area contributed by atoms with E-state index in [2.05, 4.69) is 20.7 Å². The molecule has 1 aliphatic rings. The van der Waals surface area contributed by atoms with Crippen molar-refractivity contribution in [3.8, 4) is 0 Å². The molecule has 3 rings (SSSR count). The average molecular weight is 492 g/mol. The summed E-state index contributed by atoms with van der Waals surface area (Å²) < 4.78 is 86.9. The summed E-state index contributed by atoms with van der Waals surface area (Å²) in [5, 5.41) is 0. The van der Waals surface area contributed by atoms with Gasteiger partial charge in [-0.15, -0.1) is 0 Å². The molecule has 1 unspecified atom stereocenters. The standard InChI is InChI=1S/C19H14BrF4NO3S/c20-14-5-7-16(8-6-14)29(26,27)25-19(28-18(23)24)11-13(4-9-17(19)22)12-2-1-3-15(21)10-12/h1-10,18,25H,11H2. The highest BCUT2D eigenvalue weighted by Gasteiger charge is 2.45. The molecular formula is C19H14BrF4NO3S. The quantitative estimate of drug-likeness (QED) is 0.449. The topological polar surface area (TPSA) is 55.4 Å². The van der Waals surface area contributed by atoms with Crippen LogP contribution < -0.4 is 4.72 Å². The molecule has 0 saturated carbocycles. The molecule has 0 radical (unpaired) electrons. The number of benzene rings is 2. The highest BCUT2D eigenvalue weighted by molar-refractivity contribution is 9.10. The third-order valence-corrected chi connectivity index (χ3v) is 6.18. The zero-order valence-corrected chi connectivity index (χ0v) is 17.0. The van der Waals surface area contributed by atoms with Crippen LogP contribution in [0.1, 0.15) is 12.0 Å². The van der Waals surface area contributed by atoms with Crippen molar-refractivity contribution in [1.82, 2.24) is 4.72 Å². The molecule has 0 aromatic heterocycles. The Hall–Kier alpha value is -2.01. The van der Waals surface area contributed by atoms with Crippen molar-refractivity contribution in [2.24, 2.45) is 0 Å². The van der Waals surface area contributed by atoms with Crippen LogP contribution >= 0.6 is 15.9 Å². The van der Waals surface area contributed by atoms with E-state index in [1.54, 1.807) is 0 Å². The molecule has 1 N–H and O–H groups in total. The summed E-state index contributed by atoms with van der Waals surface area (Å²) in [6, 6.07) is 10.5. The maximum Gasteiger partial charge on any atom is 0.347 e. The van der Waals surface area contributed by atoms with E-state index in [1.807, 2.05) is 4.72 Å². The Morgan fingerprint density at radius 3 is 2.38 bits per heavy atom. The van der Waals surface area contributed by atoms with Gasteiger partial charge < -0.3 is 0 Å². The van der Waals surface area contributed by atoms with Crippen LogP contribution in [0.25, 0.3) is 5.57 Å². The maximum atomic E-state index is 14.7. The normalized spacial score (nSPS) is 19.8. The molecule has 0 bridgehead atoms. The van der Waals surface area contributed by atoms with Crippen LogP contribution in [0.15, 0.2) is 75.9 Å². The largest absolute Gasteiger partial charge is 0.347 e. The van der Waals surface area contributed by atoms with Gasteiger partial charge in [-0.3, -0.25) is 4.74 Å². The number of hydrogen-bond acceptors (Lipinski definition) is 3. The lowest BCUT2D eigenvalue weighted by molar-refractivity contribution is -0.203. The zero-order valence-electron chi connectivity index (χ0n) is 14.6. The Balaban J connectivity index is 2.01. The summed E-state index contributed by atoms with van der Waals surface area (Å²) in [7, 11) is -4.44. The maximum absolute atomic E-state index is 14.7. The fourth-order valence-electron chi connectivity index (χ4n) is 2.86. The molecule has 2 aromatic rings. The van der Waals surface area contributed by atoms with Gasteiger partial charge in [-0.1, -0.05) is 34.1 Å². The van der Waals surface area contributed by atoms with E-state index in [9.17, 15) is 26.0 Å². The Morgan fingerprint density at radius 2 is 1.76 bits per heavy atom. The molecule has 2 aromatic carbocycles. The van der Waals surface area contributed by atoms with E-state index >= 15 is 0 Å². The van der Waals surface area contributed by atoms with Crippen LogP contribution in [0.2, 0.25) is 0 Å². The van der Waals surface area contributed by atoms with Crippen LogP contribution in [0.3, 0.4) is 0 Å². The lowest BCUT2D eigenvalue weighted by Crippen LogP contribution is -2.53. The van der Waals surface area contributed by atoms with Crippen LogP contribution in [0, 0.1) is 5.82 Å². The molecular weight excluding hydrogens is 478 g/mol. The van der Waals surface area contributed by atoms with Crippen LogP contribution in [-0.2, 0) is 14.8 Å². The summed E-state index contributed by atoms with van der Waals surface area (Å²) in [4.78, 5) is -0.271. The SMILES string of the molecule is O=S(=O)(NC1(OC(F)F)CC(c2cccc(F)c2)=CC=C1F)c1ccc(Br)cc1. The lowest BCUT2D eigenvalue weighted by atomic mass is 9.91. The predicted octanol–water partition coefficient (Wildman–Crippen LogP) is 5.14. The molecule has 4 nitrogen and oxygen atoms in total. The number of alkyl halides is 2. The number of nitrogens with one attached hydrogen (secondary N) is 1. The van der Waals surface area contributed by atoms with Gasteiger partial charge in [-0.2, -0.15) is 13.5 Å². The van der Waals surface area contributed by atoms with E-state index in [-0.39, 0.29) is 16.0 Å².